The van der Waals surface area contributed by atoms with Crippen LogP contribution in [0.2, 0.25) is 0 Å². The maximum Gasteiger partial charge on any atom is 0.416 e. The highest BCUT2D eigenvalue weighted by Gasteiger charge is 2.43. The molecule has 2 unspecified atom stereocenters. The van der Waals surface area contributed by atoms with Crippen LogP contribution in [-0.2, 0) is 26.7 Å². The van der Waals surface area contributed by atoms with Crippen molar-refractivity contribution in [3.8, 4) is 0 Å². The van der Waals surface area contributed by atoms with Crippen LogP contribution in [0.3, 0.4) is 0 Å². The summed E-state index contributed by atoms with van der Waals surface area (Å²) in [6.45, 7) is 2.68. The molecule has 1 aliphatic heterocycles. The molecule has 0 aromatic heterocycles. The molecule has 1 aromatic rings. The van der Waals surface area contributed by atoms with Gasteiger partial charge < -0.3 is 20.7 Å². The summed E-state index contributed by atoms with van der Waals surface area (Å²) in [7, 11) is 1.46. The smallest absolute Gasteiger partial charge is 0.372 e. The van der Waals surface area contributed by atoms with Gasteiger partial charge in [-0.15, -0.1) is 0 Å². The Balaban J connectivity index is 1.86. The minimum Gasteiger partial charge on any atom is -0.372 e. The number of carbonyl (C=O) groups excluding carboxylic acids is 2. The van der Waals surface area contributed by atoms with E-state index in [0.717, 1.165) is 0 Å². The average Bonchev–Trinajstić information content (AvgIpc) is 2.84. The Labute approximate surface area is 216 Å². The van der Waals surface area contributed by atoms with Gasteiger partial charge in [-0.3, -0.25) is 9.59 Å². The number of allylic oxidation sites excluding steroid dienone is 3. The molecule has 2 aliphatic rings. The number of hydrogen-bond acceptors (Lipinski definition) is 4. The van der Waals surface area contributed by atoms with Gasteiger partial charge in [-0.05, 0) is 49.4 Å². The maximum absolute atomic E-state index is 13.3. The zero-order valence-electron chi connectivity index (χ0n) is 21.2. The van der Waals surface area contributed by atoms with Gasteiger partial charge in [0.2, 0.25) is 11.8 Å². The number of halogens is 6. The van der Waals surface area contributed by atoms with Crippen molar-refractivity contribution in [2.45, 2.75) is 56.7 Å². The number of carbonyl (C=O) groups is 2. The van der Waals surface area contributed by atoms with E-state index in [1.807, 2.05) is 24.3 Å². The molecule has 1 aromatic carbocycles. The lowest BCUT2D eigenvalue weighted by molar-refractivity contribution is -0.143. The fourth-order valence-electron chi connectivity index (χ4n) is 5.00. The van der Waals surface area contributed by atoms with Crippen molar-refractivity contribution in [3.63, 3.8) is 0 Å². The molecule has 3 N–H and O–H groups in total. The number of ether oxygens (including phenoxy) is 1. The monoisotopic (exact) mass is 547 g/mol. The quantitative estimate of drug-likeness (QED) is 0.458. The molecule has 2 amide bonds. The molecule has 1 fully saturated rings. The summed E-state index contributed by atoms with van der Waals surface area (Å²) in [5.41, 5.74) is -4.32. The van der Waals surface area contributed by atoms with Crippen molar-refractivity contribution in [2.24, 2.45) is 11.8 Å². The number of fused-ring (bicyclic) bond motifs is 1. The normalized spacial score (nSPS) is 26.6. The number of likely N-dealkylation sites (N-methyl/N-ethyl adjacent to an activating group) is 1. The number of nitrogens with one attached hydrogen (secondary N) is 3. The third-order valence-corrected chi connectivity index (χ3v) is 7.01. The van der Waals surface area contributed by atoms with Crippen LogP contribution in [0, 0.1) is 11.8 Å². The summed E-state index contributed by atoms with van der Waals surface area (Å²) in [6, 6.07) is 0.946. The highest BCUT2D eigenvalue weighted by Crippen LogP contribution is 2.38. The van der Waals surface area contributed by atoms with Crippen molar-refractivity contribution in [1.82, 2.24) is 16.0 Å². The van der Waals surface area contributed by atoms with Crippen LogP contribution in [0.25, 0.3) is 0 Å². The molecule has 210 valence electrons. The van der Waals surface area contributed by atoms with E-state index >= 15 is 0 Å². The van der Waals surface area contributed by atoms with Crippen LogP contribution >= 0.6 is 0 Å². The first kappa shape index (κ1) is 29.7. The van der Waals surface area contributed by atoms with Gasteiger partial charge in [0.25, 0.3) is 0 Å². The van der Waals surface area contributed by atoms with Crippen LogP contribution in [0.5, 0.6) is 0 Å². The number of alkyl halides is 6. The Kier molecular flexibility index (Phi) is 8.97. The van der Waals surface area contributed by atoms with Crippen LogP contribution < -0.4 is 16.0 Å². The number of hydrogen-bond donors (Lipinski definition) is 3. The molecule has 0 saturated carbocycles. The summed E-state index contributed by atoms with van der Waals surface area (Å²) in [5.74, 6) is -0.928. The van der Waals surface area contributed by atoms with E-state index in [4.69, 9.17) is 4.74 Å². The van der Waals surface area contributed by atoms with Crippen molar-refractivity contribution < 1.29 is 40.7 Å². The van der Waals surface area contributed by atoms with E-state index in [2.05, 4.69) is 16.0 Å². The van der Waals surface area contributed by atoms with E-state index in [-0.39, 0.29) is 42.5 Å². The molecular weight excluding hydrogens is 516 g/mol. The summed E-state index contributed by atoms with van der Waals surface area (Å²) in [4.78, 5) is 24.8. The van der Waals surface area contributed by atoms with Gasteiger partial charge >= 0.3 is 12.4 Å². The van der Waals surface area contributed by atoms with E-state index in [1.54, 1.807) is 0 Å². The summed E-state index contributed by atoms with van der Waals surface area (Å²) < 4.78 is 85.7. The highest BCUT2D eigenvalue weighted by molar-refractivity contribution is 5.91. The molecule has 0 bridgehead atoms. The second-order valence-electron chi connectivity index (χ2n) is 9.69. The summed E-state index contributed by atoms with van der Waals surface area (Å²) in [5, 5.41) is 8.60. The van der Waals surface area contributed by atoms with E-state index in [1.165, 1.54) is 20.9 Å². The second-order valence-corrected chi connectivity index (χ2v) is 9.69. The van der Waals surface area contributed by atoms with Crippen molar-refractivity contribution >= 4 is 11.8 Å². The molecule has 3 rings (SSSR count). The lowest BCUT2D eigenvalue weighted by Crippen LogP contribution is -2.65. The third-order valence-electron chi connectivity index (χ3n) is 7.01. The summed E-state index contributed by atoms with van der Waals surface area (Å²) in [6.07, 6.45) is -2.47. The first-order chi connectivity index (χ1) is 17.7. The second kappa shape index (κ2) is 11.5. The maximum atomic E-state index is 13.3. The standard InChI is InChI=1S/C26H31F6N3O3/c1-15(18-10-19(25(27,28)29)12-20(11-18)26(30,31)32)38-13-22-21-7-5-4-6-17(21)8-9-24(14-34-22,23(37)33-3)35-16(2)36/h4-7,10-12,15,17,21-22,34H,8-9,13-14H2,1-3H3,(H,33,37)(H,35,36)/t15-,17?,21?,22-,24+/m1/s1. The number of amides is 2. The minimum atomic E-state index is -4.96. The number of rotatable bonds is 6. The fraction of sp³-hybridized carbons (Fsp3) is 0.538. The number of benzene rings is 1. The highest BCUT2D eigenvalue weighted by atomic mass is 19.4. The fourth-order valence-corrected chi connectivity index (χ4v) is 5.00. The van der Waals surface area contributed by atoms with Crippen LogP contribution in [-0.4, -0.2) is 43.6 Å². The predicted octanol–water partition coefficient (Wildman–Crippen LogP) is 4.53. The van der Waals surface area contributed by atoms with E-state index in [0.29, 0.717) is 25.0 Å². The third kappa shape index (κ3) is 6.96. The summed E-state index contributed by atoms with van der Waals surface area (Å²) >= 11 is 0. The van der Waals surface area contributed by atoms with Crippen LogP contribution in [0.15, 0.2) is 42.5 Å². The zero-order chi connectivity index (χ0) is 28.3. The Morgan fingerprint density at radius 1 is 1.08 bits per heavy atom. The van der Waals surface area contributed by atoms with Crippen LogP contribution in [0.4, 0.5) is 26.3 Å². The molecule has 1 heterocycles. The van der Waals surface area contributed by atoms with Crippen molar-refractivity contribution in [2.75, 3.05) is 20.2 Å². The van der Waals surface area contributed by atoms with Crippen molar-refractivity contribution in [1.29, 1.82) is 0 Å². The zero-order valence-corrected chi connectivity index (χ0v) is 21.2. The predicted molar refractivity (Wildman–Crippen MR) is 128 cm³/mol. The van der Waals surface area contributed by atoms with Gasteiger partial charge in [-0.25, -0.2) is 0 Å². The van der Waals surface area contributed by atoms with Gasteiger partial charge in [0, 0.05) is 32.5 Å². The Morgan fingerprint density at radius 3 is 2.24 bits per heavy atom. The van der Waals surface area contributed by atoms with Crippen molar-refractivity contribution in [3.05, 3.63) is 59.2 Å². The first-order valence-electron chi connectivity index (χ1n) is 12.2. The van der Waals surface area contributed by atoms with Gasteiger partial charge in [-0.2, -0.15) is 26.3 Å². The molecular formula is C26H31F6N3O3. The molecule has 12 heteroatoms. The van der Waals surface area contributed by atoms with Gasteiger partial charge in [0.1, 0.15) is 5.54 Å². The topological polar surface area (TPSA) is 79.5 Å². The van der Waals surface area contributed by atoms with Gasteiger partial charge in [0.15, 0.2) is 0 Å². The van der Waals surface area contributed by atoms with Crippen LogP contribution in [0.1, 0.15) is 49.5 Å². The molecule has 5 atom stereocenters. The molecule has 6 nitrogen and oxygen atoms in total. The van der Waals surface area contributed by atoms with Gasteiger partial charge in [-0.1, -0.05) is 24.3 Å². The average molecular weight is 548 g/mol. The SMILES string of the molecule is CNC(=O)[C@]1(NC(C)=O)CCC2C=CC=CC2[C@@H](CO[C@H](C)c2cc(C(F)(F)F)cc(C(F)(F)F)c2)NC1. The lowest BCUT2D eigenvalue weighted by Gasteiger charge is -2.42. The molecule has 0 radical (unpaired) electrons. The first-order valence-corrected chi connectivity index (χ1v) is 12.2. The molecule has 1 aliphatic carbocycles. The Bertz CT molecular complexity index is 1050. The minimum absolute atomic E-state index is 0.0418. The molecule has 0 spiro atoms. The Hall–Kier alpha value is -2.86. The van der Waals surface area contributed by atoms with E-state index in [9.17, 15) is 35.9 Å². The van der Waals surface area contributed by atoms with Gasteiger partial charge in [0.05, 0.1) is 23.8 Å². The molecule has 1 saturated heterocycles. The molecule has 38 heavy (non-hydrogen) atoms. The van der Waals surface area contributed by atoms with E-state index < -0.39 is 47.1 Å². The largest absolute Gasteiger partial charge is 0.416 e. The lowest BCUT2D eigenvalue weighted by atomic mass is 9.75. The Morgan fingerprint density at radius 2 is 1.68 bits per heavy atom.